The number of carbonyl (C=O) groups excluding carboxylic acids is 1. The van der Waals surface area contributed by atoms with E-state index in [1.165, 1.54) is 5.56 Å². The van der Waals surface area contributed by atoms with Gasteiger partial charge in [-0.3, -0.25) is 4.79 Å². The molecule has 2 aromatic carbocycles. The summed E-state index contributed by atoms with van der Waals surface area (Å²) in [5.74, 6) is 0.594. The maximum atomic E-state index is 12.4. The van der Waals surface area contributed by atoms with Crippen molar-refractivity contribution in [2.45, 2.75) is 13.1 Å². The maximum absolute atomic E-state index is 12.4. The lowest BCUT2D eigenvalue weighted by molar-refractivity contribution is 0.0935. The van der Waals surface area contributed by atoms with Crippen LogP contribution in [0.4, 0.5) is 5.82 Å². The summed E-state index contributed by atoms with van der Waals surface area (Å²) < 4.78 is 1.76. The number of anilines is 1. The average molecular weight is 304 g/mol. The molecule has 1 aliphatic rings. The number of fused-ring (bicyclic) bond motifs is 1. The van der Waals surface area contributed by atoms with E-state index >= 15 is 0 Å². The van der Waals surface area contributed by atoms with Crippen molar-refractivity contribution in [3.63, 3.8) is 0 Å². The van der Waals surface area contributed by atoms with Crippen molar-refractivity contribution in [3.05, 3.63) is 77.5 Å². The highest BCUT2D eigenvalue weighted by molar-refractivity contribution is 6.01. The van der Waals surface area contributed by atoms with Crippen molar-refractivity contribution in [2.24, 2.45) is 0 Å². The monoisotopic (exact) mass is 304 g/mol. The number of nitrogens with zero attached hydrogens (tertiary/aromatic N) is 2. The summed E-state index contributed by atoms with van der Waals surface area (Å²) in [7, 11) is 0. The van der Waals surface area contributed by atoms with Crippen LogP contribution in [0.2, 0.25) is 0 Å². The lowest BCUT2D eigenvalue weighted by atomic mass is 10.1. The number of hydrogen-bond donors (Lipinski definition) is 2. The first-order valence-electron chi connectivity index (χ1n) is 7.50. The maximum Gasteiger partial charge on any atom is 0.258 e. The standard InChI is InChI=1S/C18H16N4O/c1-12-7-9-13(10-8-12)16-20-17-15(18(23)21-16)11-19-22(17)14-5-3-2-4-6-14/h2-11,16,20H,1H3,(H,21,23). The summed E-state index contributed by atoms with van der Waals surface area (Å²) >= 11 is 0. The van der Waals surface area contributed by atoms with Gasteiger partial charge in [0.25, 0.3) is 5.91 Å². The van der Waals surface area contributed by atoms with E-state index < -0.39 is 0 Å². The van der Waals surface area contributed by atoms with Gasteiger partial charge in [0, 0.05) is 0 Å². The summed E-state index contributed by atoms with van der Waals surface area (Å²) in [6.45, 7) is 2.04. The normalized spacial score (nSPS) is 16.4. The Morgan fingerprint density at radius 3 is 2.48 bits per heavy atom. The Balaban J connectivity index is 1.74. The highest BCUT2D eigenvalue weighted by Crippen LogP contribution is 2.28. The van der Waals surface area contributed by atoms with Gasteiger partial charge in [-0.15, -0.1) is 0 Å². The summed E-state index contributed by atoms with van der Waals surface area (Å²) in [5, 5.41) is 10.7. The molecule has 1 aromatic heterocycles. The number of para-hydroxylation sites is 1. The second-order valence-electron chi connectivity index (χ2n) is 5.62. The first kappa shape index (κ1) is 13.6. The third-order valence-corrected chi connectivity index (χ3v) is 3.98. The molecule has 0 aliphatic carbocycles. The molecule has 0 bridgehead atoms. The number of benzene rings is 2. The second kappa shape index (κ2) is 5.28. The molecule has 5 nitrogen and oxygen atoms in total. The zero-order chi connectivity index (χ0) is 15.8. The van der Waals surface area contributed by atoms with Crippen molar-refractivity contribution in [2.75, 3.05) is 5.32 Å². The van der Waals surface area contributed by atoms with Gasteiger partial charge in [0.2, 0.25) is 0 Å². The SMILES string of the molecule is Cc1ccc(C2NC(=O)c3cnn(-c4ccccc4)c3N2)cc1. The van der Waals surface area contributed by atoms with Crippen molar-refractivity contribution >= 4 is 11.7 Å². The van der Waals surface area contributed by atoms with Crippen molar-refractivity contribution < 1.29 is 4.79 Å². The van der Waals surface area contributed by atoms with Crippen LogP contribution in [0.15, 0.2) is 60.8 Å². The van der Waals surface area contributed by atoms with Gasteiger partial charge in [0.15, 0.2) is 0 Å². The molecule has 1 amide bonds. The molecule has 1 aliphatic heterocycles. The largest absolute Gasteiger partial charge is 0.345 e. The van der Waals surface area contributed by atoms with E-state index in [0.717, 1.165) is 11.3 Å². The van der Waals surface area contributed by atoms with Crippen LogP contribution in [-0.4, -0.2) is 15.7 Å². The summed E-state index contributed by atoms with van der Waals surface area (Å²) in [4.78, 5) is 12.4. The topological polar surface area (TPSA) is 59.0 Å². The highest BCUT2D eigenvalue weighted by Gasteiger charge is 2.28. The van der Waals surface area contributed by atoms with E-state index in [-0.39, 0.29) is 12.1 Å². The van der Waals surface area contributed by atoms with Crippen LogP contribution in [0.5, 0.6) is 0 Å². The number of amides is 1. The average Bonchev–Trinajstić information content (AvgIpc) is 3.01. The Bertz CT molecular complexity index is 852. The Hall–Kier alpha value is -3.08. The van der Waals surface area contributed by atoms with Crippen LogP contribution < -0.4 is 10.6 Å². The van der Waals surface area contributed by atoms with Gasteiger partial charge in [-0.1, -0.05) is 48.0 Å². The van der Waals surface area contributed by atoms with Gasteiger partial charge >= 0.3 is 0 Å². The van der Waals surface area contributed by atoms with E-state index in [2.05, 4.69) is 15.7 Å². The number of rotatable bonds is 2. The molecule has 1 unspecified atom stereocenters. The van der Waals surface area contributed by atoms with Gasteiger partial charge in [0.05, 0.1) is 11.9 Å². The van der Waals surface area contributed by atoms with Crippen LogP contribution >= 0.6 is 0 Å². The van der Waals surface area contributed by atoms with Gasteiger partial charge in [-0.25, -0.2) is 4.68 Å². The third-order valence-electron chi connectivity index (χ3n) is 3.98. The minimum atomic E-state index is -0.269. The van der Waals surface area contributed by atoms with E-state index in [0.29, 0.717) is 11.4 Å². The Labute approximate surface area is 134 Å². The predicted octanol–water partition coefficient (Wildman–Crippen LogP) is 3.03. The van der Waals surface area contributed by atoms with Crippen molar-refractivity contribution in [1.82, 2.24) is 15.1 Å². The molecule has 114 valence electrons. The summed E-state index contributed by atoms with van der Waals surface area (Å²) in [5.41, 5.74) is 3.66. The van der Waals surface area contributed by atoms with Crippen molar-refractivity contribution in [3.8, 4) is 5.69 Å². The fourth-order valence-corrected chi connectivity index (χ4v) is 2.73. The Kier molecular flexibility index (Phi) is 3.12. The first-order valence-corrected chi connectivity index (χ1v) is 7.50. The zero-order valence-corrected chi connectivity index (χ0v) is 12.7. The molecule has 4 rings (SSSR count). The van der Waals surface area contributed by atoms with Crippen LogP contribution in [0.3, 0.4) is 0 Å². The fourth-order valence-electron chi connectivity index (χ4n) is 2.73. The quantitative estimate of drug-likeness (QED) is 0.765. The number of aromatic nitrogens is 2. The van der Waals surface area contributed by atoms with Gasteiger partial charge in [-0.05, 0) is 24.6 Å². The molecule has 0 fully saturated rings. The molecule has 0 spiro atoms. The summed E-state index contributed by atoms with van der Waals surface area (Å²) in [6, 6.07) is 17.9. The van der Waals surface area contributed by atoms with Crippen LogP contribution in [-0.2, 0) is 0 Å². The summed E-state index contributed by atoms with van der Waals surface area (Å²) in [6.07, 6.45) is 1.32. The lowest BCUT2D eigenvalue weighted by Gasteiger charge is -2.27. The third kappa shape index (κ3) is 2.36. The number of carbonyl (C=O) groups is 1. The van der Waals surface area contributed by atoms with Gasteiger partial charge < -0.3 is 10.6 Å². The van der Waals surface area contributed by atoms with E-state index in [1.807, 2.05) is 61.5 Å². The van der Waals surface area contributed by atoms with Gasteiger partial charge in [0.1, 0.15) is 17.5 Å². The lowest BCUT2D eigenvalue weighted by Crippen LogP contribution is -2.38. The number of aryl methyl sites for hydroxylation is 1. The molecule has 5 heteroatoms. The Morgan fingerprint density at radius 2 is 1.74 bits per heavy atom. The second-order valence-corrected chi connectivity index (χ2v) is 5.62. The fraction of sp³-hybridized carbons (Fsp3) is 0.111. The smallest absolute Gasteiger partial charge is 0.258 e. The van der Waals surface area contributed by atoms with Crippen molar-refractivity contribution in [1.29, 1.82) is 0 Å². The molecular weight excluding hydrogens is 288 g/mol. The zero-order valence-electron chi connectivity index (χ0n) is 12.7. The predicted molar refractivity (Wildman–Crippen MR) is 88.6 cm³/mol. The highest BCUT2D eigenvalue weighted by atomic mass is 16.2. The van der Waals surface area contributed by atoms with Crippen LogP contribution in [0.25, 0.3) is 5.69 Å². The number of hydrogen-bond acceptors (Lipinski definition) is 3. The molecule has 0 radical (unpaired) electrons. The first-order chi connectivity index (χ1) is 11.2. The molecule has 3 aromatic rings. The molecular formula is C18H16N4O. The molecule has 0 saturated carbocycles. The Morgan fingerprint density at radius 1 is 1.00 bits per heavy atom. The molecule has 2 N–H and O–H groups in total. The molecule has 2 heterocycles. The van der Waals surface area contributed by atoms with Crippen LogP contribution in [0, 0.1) is 6.92 Å². The van der Waals surface area contributed by atoms with Gasteiger partial charge in [-0.2, -0.15) is 5.10 Å². The minimum Gasteiger partial charge on any atom is -0.345 e. The molecule has 0 saturated heterocycles. The van der Waals surface area contributed by atoms with Crippen LogP contribution in [0.1, 0.15) is 27.7 Å². The minimum absolute atomic E-state index is 0.119. The molecule has 1 atom stereocenters. The molecule has 23 heavy (non-hydrogen) atoms. The van der Waals surface area contributed by atoms with E-state index in [9.17, 15) is 4.79 Å². The van der Waals surface area contributed by atoms with E-state index in [1.54, 1.807) is 10.9 Å². The van der Waals surface area contributed by atoms with E-state index in [4.69, 9.17) is 0 Å². The number of nitrogens with one attached hydrogen (secondary N) is 2.